The molecule has 0 saturated carbocycles. The second kappa shape index (κ2) is 7.72. The summed E-state index contributed by atoms with van der Waals surface area (Å²) in [5.41, 5.74) is 9.93. The molecule has 0 radical (unpaired) electrons. The van der Waals surface area contributed by atoms with Gasteiger partial charge in [-0.15, -0.1) is 0 Å². The molecule has 3 aromatic rings. The Morgan fingerprint density at radius 1 is 1.15 bits per heavy atom. The number of carbonyl (C=O) groups is 1. The zero-order chi connectivity index (χ0) is 19.4. The Kier molecular flexibility index (Phi) is 5.38. The smallest absolute Gasteiger partial charge is 0.330 e. The minimum absolute atomic E-state index is 0.352. The highest BCUT2D eigenvalue weighted by atomic mass is 16.5. The molecule has 3 rings (SSSR count). The third-order valence-electron chi connectivity index (χ3n) is 4.47. The van der Waals surface area contributed by atoms with Crippen LogP contribution in [0, 0.1) is 0 Å². The molecule has 1 heterocycles. The van der Waals surface area contributed by atoms with Crippen LogP contribution >= 0.6 is 0 Å². The van der Waals surface area contributed by atoms with Gasteiger partial charge < -0.3 is 10.5 Å². The Labute approximate surface area is 159 Å². The van der Waals surface area contributed by atoms with Crippen LogP contribution in [0.5, 0.6) is 0 Å². The molecule has 27 heavy (non-hydrogen) atoms. The fourth-order valence-electron chi connectivity index (χ4n) is 3.05. The Bertz CT molecular complexity index is 983. The van der Waals surface area contributed by atoms with Crippen LogP contribution in [0.3, 0.4) is 0 Å². The zero-order valence-corrected chi connectivity index (χ0v) is 15.9. The van der Waals surface area contributed by atoms with Gasteiger partial charge in [-0.3, -0.25) is 4.98 Å². The molecule has 2 aromatic carbocycles. The number of rotatable bonds is 5. The van der Waals surface area contributed by atoms with E-state index < -0.39 is 0 Å². The van der Waals surface area contributed by atoms with Crippen molar-refractivity contribution in [2.75, 3.05) is 6.61 Å². The van der Waals surface area contributed by atoms with Crippen LogP contribution in [0.15, 0.2) is 60.9 Å². The van der Waals surface area contributed by atoms with Crippen molar-refractivity contribution in [1.29, 1.82) is 0 Å². The summed E-state index contributed by atoms with van der Waals surface area (Å²) < 4.78 is 5.02. The first-order valence-electron chi connectivity index (χ1n) is 9.01. The average Bonchev–Trinajstić information content (AvgIpc) is 2.65. The van der Waals surface area contributed by atoms with Crippen molar-refractivity contribution in [2.45, 2.75) is 26.3 Å². The molecule has 2 N–H and O–H groups in total. The topological polar surface area (TPSA) is 65.2 Å². The second-order valence-electron chi connectivity index (χ2n) is 7.01. The normalized spacial score (nSPS) is 11.9. The Morgan fingerprint density at radius 2 is 1.89 bits per heavy atom. The van der Waals surface area contributed by atoms with Crippen molar-refractivity contribution in [3.8, 4) is 11.1 Å². The van der Waals surface area contributed by atoms with Crippen LogP contribution in [-0.4, -0.2) is 17.6 Å². The van der Waals surface area contributed by atoms with E-state index in [1.165, 1.54) is 6.08 Å². The predicted molar refractivity (Wildman–Crippen MR) is 110 cm³/mol. The van der Waals surface area contributed by atoms with Crippen LogP contribution in [0.25, 0.3) is 28.0 Å². The van der Waals surface area contributed by atoms with E-state index in [9.17, 15) is 4.79 Å². The Morgan fingerprint density at radius 3 is 2.56 bits per heavy atom. The molecule has 4 heteroatoms. The van der Waals surface area contributed by atoms with Gasteiger partial charge in [0, 0.05) is 29.4 Å². The van der Waals surface area contributed by atoms with Gasteiger partial charge in [0.2, 0.25) is 0 Å². The van der Waals surface area contributed by atoms with Crippen LogP contribution in [0.1, 0.15) is 31.9 Å². The summed E-state index contributed by atoms with van der Waals surface area (Å²) in [5, 5.41) is 2.05. The van der Waals surface area contributed by atoms with Crippen molar-refractivity contribution in [3.63, 3.8) is 0 Å². The lowest BCUT2D eigenvalue weighted by Crippen LogP contribution is -2.28. The summed E-state index contributed by atoms with van der Waals surface area (Å²) >= 11 is 0. The van der Waals surface area contributed by atoms with Gasteiger partial charge in [-0.25, -0.2) is 4.79 Å². The van der Waals surface area contributed by atoms with Gasteiger partial charge in [0.05, 0.1) is 6.61 Å². The summed E-state index contributed by atoms with van der Waals surface area (Å²) in [5.74, 6) is -0.352. The van der Waals surface area contributed by atoms with Crippen LogP contribution < -0.4 is 5.73 Å². The highest BCUT2D eigenvalue weighted by Crippen LogP contribution is 2.32. The Balaban J connectivity index is 2.12. The number of pyridine rings is 1. The first-order chi connectivity index (χ1) is 12.9. The molecule has 0 bridgehead atoms. The predicted octanol–water partition coefficient (Wildman–Crippen LogP) is 4.67. The van der Waals surface area contributed by atoms with E-state index in [2.05, 4.69) is 23.2 Å². The van der Waals surface area contributed by atoms with Gasteiger partial charge in [0.25, 0.3) is 0 Å². The standard InChI is InChI=1S/C23H24N2O2/c1-4-27-22(26)12-11-21-19(10-7-17-15-25-14-13-20(17)21)16-5-8-18(9-6-16)23(2,3)24/h5-15H,4,24H2,1-3H3/b12-11+. The maximum absolute atomic E-state index is 11.8. The fourth-order valence-corrected chi connectivity index (χ4v) is 3.05. The molecule has 0 spiro atoms. The van der Waals surface area contributed by atoms with Crippen molar-refractivity contribution < 1.29 is 9.53 Å². The molecule has 0 aliphatic rings. The summed E-state index contributed by atoms with van der Waals surface area (Å²) in [6.45, 7) is 6.12. The molecule has 1 aromatic heterocycles. The monoisotopic (exact) mass is 360 g/mol. The zero-order valence-electron chi connectivity index (χ0n) is 15.9. The summed E-state index contributed by atoms with van der Waals surface area (Å²) in [6, 6.07) is 14.3. The molecular weight excluding hydrogens is 336 g/mol. The third kappa shape index (κ3) is 4.23. The molecule has 0 aliphatic heterocycles. The van der Waals surface area contributed by atoms with Crippen molar-refractivity contribution in [3.05, 3.63) is 72.1 Å². The lowest BCUT2D eigenvalue weighted by Gasteiger charge is -2.19. The van der Waals surface area contributed by atoms with Crippen molar-refractivity contribution >= 4 is 22.8 Å². The quantitative estimate of drug-likeness (QED) is 0.530. The lowest BCUT2D eigenvalue weighted by molar-refractivity contribution is -0.137. The number of benzene rings is 2. The van der Waals surface area contributed by atoms with Gasteiger partial charge in [0.1, 0.15) is 0 Å². The van der Waals surface area contributed by atoms with Gasteiger partial charge in [0.15, 0.2) is 0 Å². The number of fused-ring (bicyclic) bond motifs is 1. The van der Waals surface area contributed by atoms with Crippen molar-refractivity contribution in [2.24, 2.45) is 5.73 Å². The molecular formula is C23H24N2O2. The second-order valence-corrected chi connectivity index (χ2v) is 7.01. The first-order valence-corrected chi connectivity index (χ1v) is 9.01. The van der Waals surface area contributed by atoms with E-state index in [0.29, 0.717) is 6.61 Å². The summed E-state index contributed by atoms with van der Waals surface area (Å²) in [6.07, 6.45) is 6.87. The van der Waals surface area contributed by atoms with Crippen LogP contribution in [-0.2, 0) is 15.1 Å². The number of esters is 1. The van der Waals surface area contributed by atoms with Crippen LogP contribution in [0.2, 0.25) is 0 Å². The molecule has 0 atom stereocenters. The maximum atomic E-state index is 11.8. The average molecular weight is 360 g/mol. The molecule has 0 amide bonds. The molecule has 0 fully saturated rings. The maximum Gasteiger partial charge on any atom is 0.330 e. The third-order valence-corrected chi connectivity index (χ3v) is 4.47. The minimum Gasteiger partial charge on any atom is -0.463 e. The minimum atomic E-state index is -0.389. The lowest BCUT2D eigenvalue weighted by atomic mass is 9.91. The number of carbonyl (C=O) groups excluding carboxylic acids is 1. The summed E-state index contributed by atoms with van der Waals surface area (Å²) in [4.78, 5) is 16.0. The number of nitrogens with zero attached hydrogens (tertiary/aromatic N) is 1. The number of nitrogens with two attached hydrogens (primary N) is 1. The number of hydrogen-bond donors (Lipinski definition) is 1. The summed E-state index contributed by atoms with van der Waals surface area (Å²) in [7, 11) is 0. The number of hydrogen-bond acceptors (Lipinski definition) is 4. The van der Waals surface area contributed by atoms with E-state index in [4.69, 9.17) is 10.5 Å². The van der Waals surface area contributed by atoms with E-state index in [1.807, 2.05) is 50.4 Å². The van der Waals surface area contributed by atoms with E-state index >= 15 is 0 Å². The number of aromatic nitrogens is 1. The van der Waals surface area contributed by atoms with Gasteiger partial charge >= 0.3 is 5.97 Å². The van der Waals surface area contributed by atoms with E-state index in [-0.39, 0.29) is 11.5 Å². The van der Waals surface area contributed by atoms with Crippen molar-refractivity contribution in [1.82, 2.24) is 4.98 Å². The SMILES string of the molecule is CCOC(=O)/C=C/c1c(-c2ccc(C(C)(C)N)cc2)ccc2cnccc12. The van der Waals surface area contributed by atoms with Gasteiger partial charge in [-0.1, -0.05) is 36.4 Å². The number of ether oxygens (including phenoxy) is 1. The Hall–Kier alpha value is -2.98. The van der Waals surface area contributed by atoms with Gasteiger partial charge in [-0.05, 0) is 60.6 Å². The molecule has 0 unspecified atom stereocenters. The van der Waals surface area contributed by atoms with E-state index in [1.54, 1.807) is 13.1 Å². The largest absolute Gasteiger partial charge is 0.463 e. The highest BCUT2D eigenvalue weighted by molar-refractivity contribution is 5.99. The molecule has 138 valence electrons. The molecule has 0 saturated heterocycles. The van der Waals surface area contributed by atoms with Crippen LogP contribution in [0.4, 0.5) is 0 Å². The van der Waals surface area contributed by atoms with Gasteiger partial charge in [-0.2, -0.15) is 0 Å². The first kappa shape index (κ1) is 18.8. The fraction of sp³-hybridized carbons (Fsp3) is 0.217. The molecule has 4 nitrogen and oxygen atoms in total. The van der Waals surface area contributed by atoms with E-state index in [0.717, 1.165) is 33.0 Å². The molecule has 0 aliphatic carbocycles. The highest BCUT2D eigenvalue weighted by Gasteiger charge is 2.14.